The lowest BCUT2D eigenvalue weighted by atomic mass is 10.2. The molecule has 1 amide bonds. The van der Waals surface area contributed by atoms with E-state index in [1.165, 1.54) is 6.92 Å². The highest BCUT2D eigenvalue weighted by atomic mass is 16.5. The van der Waals surface area contributed by atoms with E-state index in [9.17, 15) is 9.59 Å². The molecular weight excluding hydrogens is 186 g/mol. The van der Waals surface area contributed by atoms with Crippen molar-refractivity contribution in [2.45, 2.75) is 20.3 Å². The minimum Gasteiger partial charge on any atom is -0.481 e. The lowest BCUT2D eigenvalue weighted by Crippen LogP contribution is -2.33. The molecule has 0 aliphatic heterocycles. The van der Waals surface area contributed by atoms with E-state index in [-0.39, 0.29) is 19.1 Å². The second-order valence-electron chi connectivity index (χ2n) is 3.10. The first kappa shape index (κ1) is 12.9. The second kappa shape index (κ2) is 7.32. The van der Waals surface area contributed by atoms with Gasteiger partial charge in [0.1, 0.15) is 6.61 Å². The zero-order valence-corrected chi connectivity index (χ0v) is 8.58. The standard InChI is InChI=1S/C9H17NO4/c1-3-4-14-6-8(11)10-5-7(2)9(12)13/h7H,3-6H2,1-2H3,(H,10,11)(H,12,13). The summed E-state index contributed by atoms with van der Waals surface area (Å²) in [7, 11) is 0. The van der Waals surface area contributed by atoms with Gasteiger partial charge in [0, 0.05) is 13.2 Å². The maximum absolute atomic E-state index is 11.0. The summed E-state index contributed by atoms with van der Waals surface area (Å²) in [4.78, 5) is 21.4. The van der Waals surface area contributed by atoms with Gasteiger partial charge in [0.25, 0.3) is 0 Å². The lowest BCUT2D eigenvalue weighted by molar-refractivity contribution is -0.141. The largest absolute Gasteiger partial charge is 0.481 e. The van der Waals surface area contributed by atoms with Crippen LogP contribution in [0.2, 0.25) is 0 Å². The number of carbonyl (C=O) groups is 2. The van der Waals surface area contributed by atoms with Crippen molar-refractivity contribution < 1.29 is 19.4 Å². The molecule has 82 valence electrons. The number of hydrogen-bond donors (Lipinski definition) is 2. The van der Waals surface area contributed by atoms with Crippen LogP contribution in [0.3, 0.4) is 0 Å². The van der Waals surface area contributed by atoms with E-state index in [4.69, 9.17) is 9.84 Å². The Bertz CT molecular complexity index is 193. The molecule has 14 heavy (non-hydrogen) atoms. The number of carboxylic acid groups (broad SMARTS) is 1. The van der Waals surface area contributed by atoms with Gasteiger partial charge in [0.05, 0.1) is 5.92 Å². The second-order valence-corrected chi connectivity index (χ2v) is 3.10. The van der Waals surface area contributed by atoms with Gasteiger partial charge in [-0.05, 0) is 6.42 Å². The zero-order chi connectivity index (χ0) is 11.0. The molecule has 0 bridgehead atoms. The molecule has 0 rings (SSSR count). The van der Waals surface area contributed by atoms with Crippen molar-refractivity contribution in [1.29, 1.82) is 0 Å². The van der Waals surface area contributed by atoms with Crippen molar-refractivity contribution in [3.05, 3.63) is 0 Å². The summed E-state index contributed by atoms with van der Waals surface area (Å²) in [5.74, 6) is -1.75. The zero-order valence-electron chi connectivity index (χ0n) is 8.58. The Hall–Kier alpha value is -1.10. The number of nitrogens with one attached hydrogen (secondary N) is 1. The van der Waals surface area contributed by atoms with Crippen LogP contribution in [0.1, 0.15) is 20.3 Å². The Morgan fingerprint density at radius 2 is 2.14 bits per heavy atom. The first-order valence-corrected chi connectivity index (χ1v) is 4.65. The van der Waals surface area contributed by atoms with Gasteiger partial charge in [0.2, 0.25) is 5.91 Å². The fraction of sp³-hybridized carbons (Fsp3) is 0.778. The fourth-order valence-corrected chi connectivity index (χ4v) is 0.714. The number of ether oxygens (including phenoxy) is 1. The smallest absolute Gasteiger partial charge is 0.308 e. The van der Waals surface area contributed by atoms with Crippen LogP contribution in [-0.2, 0) is 14.3 Å². The number of rotatable bonds is 7. The van der Waals surface area contributed by atoms with E-state index >= 15 is 0 Å². The predicted octanol–water partition coefficient (Wildman–Crippen LogP) is 0.250. The highest BCUT2D eigenvalue weighted by molar-refractivity contribution is 5.78. The summed E-state index contributed by atoms with van der Waals surface area (Å²) < 4.78 is 4.98. The average molecular weight is 203 g/mol. The maximum atomic E-state index is 11.0. The quantitative estimate of drug-likeness (QED) is 0.581. The Kier molecular flexibility index (Phi) is 6.74. The van der Waals surface area contributed by atoms with Gasteiger partial charge < -0.3 is 15.2 Å². The molecule has 0 saturated heterocycles. The molecule has 5 nitrogen and oxygen atoms in total. The summed E-state index contributed by atoms with van der Waals surface area (Å²) >= 11 is 0. The van der Waals surface area contributed by atoms with Gasteiger partial charge in [-0.3, -0.25) is 9.59 Å². The highest BCUT2D eigenvalue weighted by Gasteiger charge is 2.11. The number of carboxylic acids is 1. The van der Waals surface area contributed by atoms with Crippen molar-refractivity contribution in [3.63, 3.8) is 0 Å². The monoisotopic (exact) mass is 203 g/mol. The first-order valence-electron chi connectivity index (χ1n) is 4.65. The number of aliphatic carboxylic acids is 1. The molecule has 0 spiro atoms. The topological polar surface area (TPSA) is 75.6 Å². The van der Waals surface area contributed by atoms with Gasteiger partial charge >= 0.3 is 5.97 Å². The molecule has 2 N–H and O–H groups in total. The van der Waals surface area contributed by atoms with Crippen LogP contribution >= 0.6 is 0 Å². The van der Waals surface area contributed by atoms with Crippen LogP contribution in [-0.4, -0.2) is 36.7 Å². The van der Waals surface area contributed by atoms with Crippen LogP contribution < -0.4 is 5.32 Å². The molecule has 1 atom stereocenters. The van der Waals surface area contributed by atoms with Crippen molar-refractivity contribution in [3.8, 4) is 0 Å². The van der Waals surface area contributed by atoms with E-state index in [0.29, 0.717) is 6.61 Å². The van der Waals surface area contributed by atoms with Gasteiger partial charge in [0.15, 0.2) is 0 Å². The lowest BCUT2D eigenvalue weighted by Gasteiger charge is -2.08. The molecule has 0 aromatic rings. The van der Waals surface area contributed by atoms with Gasteiger partial charge in [-0.1, -0.05) is 13.8 Å². The summed E-state index contributed by atoms with van der Waals surface area (Å²) in [6.07, 6.45) is 0.860. The summed E-state index contributed by atoms with van der Waals surface area (Å²) in [5, 5.41) is 11.0. The maximum Gasteiger partial charge on any atom is 0.308 e. The number of carbonyl (C=O) groups excluding carboxylic acids is 1. The third-order valence-electron chi connectivity index (χ3n) is 1.61. The van der Waals surface area contributed by atoms with Crippen molar-refractivity contribution in [2.24, 2.45) is 5.92 Å². The van der Waals surface area contributed by atoms with Crippen LogP contribution in [0.4, 0.5) is 0 Å². The van der Waals surface area contributed by atoms with E-state index in [1.54, 1.807) is 0 Å². The normalized spacial score (nSPS) is 12.1. The van der Waals surface area contributed by atoms with E-state index < -0.39 is 11.9 Å². The van der Waals surface area contributed by atoms with Gasteiger partial charge in [-0.2, -0.15) is 0 Å². The average Bonchev–Trinajstić information content (AvgIpc) is 2.14. The molecule has 0 aromatic heterocycles. The summed E-state index contributed by atoms with van der Waals surface area (Å²) in [5.41, 5.74) is 0. The van der Waals surface area contributed by atoms with Crippen LogP contribution in [0.5, 0.6) is 0 Å². The van der Waals surface area contributed by atoms with Gasteiger partial charge in [-0.25, -0.2) is 0 Å². The molecule has 0 radical (unpaired) electrons. The van der Waals surface area contributed by atoms with E-state index in [2.05, 4.69) is 5.32 Å². The summed E-state index contributed by atoms with van der Waals surface area (Å²) in [6, 6.07) is 0. The highest BCUT2D eigenvalue weighted by Crippen LogP contribution is 1.91. The third-order valence-corrected chi connectivity index (χ3v) is 1.61. The molecule has 0 aliphatic rings. The minimum absolute atomic E-state index is 0.000178. The Labute approximate surface area is 83.4 Å². The third kappa shape index (κ3) is 6.42. The Morgan fingerprint density at radius 3 is 2.64 bits per heavy atom. The Morgan fingerprint density at radius 1 is 1.50 bits per heavy atom. The van der Waals surface area contributed by atoms with Crippen molar-refractivity contribution >= 4 is 11.9 Å². The molecule has 1 unspecified atom stereocenters. The van der Waals surface area contributed by atoms with E-state index in [0.717, 1.165) is 6.42 Å². The first-order chi connectivity index (χ1) is 6.57. The minimum atomic E-state index is -0.917. The Balaban J connectivity index is 3.48. The molecule has 0 heterocycles. The fourth-order valence-electron chi connectivity index (χ4n) is 0.714. The van der Waals surface area contributed by atoms with Crippen molar-refractivity contribution in [2.75, 3.05) is 19.8 Å². The van der Waals surface area contributed by atoms with E-state index in [1.807, 2.05) is 6.92 Å². The SMILES string of the molecule is CCCOCC(=O)NCC(C)C(=O)O. The molecule has 0 saturated carbocycles. The molecule has 0 aromatic carbocycles. The molecule has 5 heteroatoms. The summed E-state index contributed by atoms with van der Waals surface area (Å²) in [6.45, 7) is 4.17. The number of amides is 1. The van der Waals surface area contributed by atoms with Crippen LogP contribution in [0.25, 0.3) is 0 Å². The van der Waals surface area contributed by atoms with Crippen molar-refractivity contribution in [1.82, 2.24) is 5.32 Å². The van der Waals surface area contributed by atoms with Crippen LogP contribution in [0, 0.1) is 5.92 Å². The predicted molar refractivity (Wildman–Crippen MR) is 50.9 cm³/mol. The molecular formula is C9H17NO4. The molecule has 0 fully saturated rings. The van der Waals surface area contributed by atoms with Crippen LogP contribution in [0.15, 0.2) is 0 Å². The number of hydrogen-bond acceptors (Lipinski definition) is 3. The van der Waals surface area contributed by atoms with Gasteiger partial charge in [-0.15, -0.1) is 0 Å². The molecule has 0 aliphatic carbocycles.